The maximum atomic E-state index is 12.8. The fourth-order valence-corrected chi connectivity index (χ4v) is 2.27. The minimum Gasteiger partial charge on any atom is -0.311 e. The number of alkyl halides is 1. The molecule has 1 fully saturated rings. The van der Waals surface area contributed by atoms with Gasteiger partial charge in [-0.1, -0.05) is 33.1 Å². The first-order valence-electron chi connectivity index (χ1n) is 6.03. The van der Waals surface area contributed by atoms with Crippen molar-refractivity contribution in [2.75, 3.05) is 13.2 Å². The molecule has 1 nitrogen and oxygen atoms in total. The summed E-state index contributed by atoms with van der Waals surface area (Å²) >= 11 is 0. The van der Waals surface area contributed by atoms with Gasteiger partial charge in [-0.2, -0.15) is 0 Å². The lowest BCUT2D eigenvalue weighted by molar-refractivity contribution is 0.225. The Labute approximate surface area is 87.5 Å². The molecule has 0 radical (unpaired) electrons. The third kappa shape index (κ3) is 3.95. The third-order valence-electron chi connectivity index (χ3n) is 3.17. The molecule has 0 amide bonds. The third-order valence-corrected chi connectivity index (χ3v) is 3.17. The largest absolute Gasteiger partial charge is 0.311 e. The first-order valence-corrected chi connectivity index (χ1v) is 6.03. The molecule has 1 saturated carbocycles. The maximum Gasteiger partial charge on any atom is 0.105 e. The quantitative estimate of drug-likeness (QED) is 0.720. The average molecular weight is 201 g/mol. The highest BCUT2D eigenvalue weighted by Gasteiger charge is 2.22. The van der Waals surface area contributed by atoms with Crippen LogP contribution in [0, 0.1) is 11.8 Å². The second kappa shape index (κ2) is 6.39. The molecule has 1 aliphatic carbocycles. The minimum atomic E-state index is -0.197. The van der Waals surface area contributed by atoms with E-state index in [1.807, 2.05) is 0 Å². The van der Waals surface area contributed by atoms with Crippen LogP contribution in [0.5, 0.6) is 0 Å². The molecule has 0 aromatic heterocycles. The number of hydrogen-bond acceptors (Lipinski definition) is 1. The molecule has 1 unspecified atom stereocenters. The van der Waals surface area contributed by atoms with Crippen molar-refractivity contribution in [1.82, 2.24) is 5.32 Å². The van der Waals surface area contributed by atoms with Crippen LogP contribution < -0.4 is 5.32 Å². The summed E-state index contributed by atoms with van der Waals surface area (Å²) in [7, 11) is 0. The molecular weight excluding hydrogens is 177 g/mol. The molecule has 1 atom stereocenters. The Hall–Kier alpha value is -0.110. The number of nitrogens with one attached hydrogen (secondary N) is 1. The average Bonchev–Trinajstić information content (AvgIpc) is 2.20. The zero-order chi connectivity index (χ0) is 10.4. The van der Waals surface area contributed by atoms with E-state index >= 15 is 0 Å². The summed E-state index contributed by atoms with van der Waals surface area (Å²) < 4.78 is 12.8. The van der Waals surface area contributed by atoms with Gasteiger partial charge in [-0.05, 0) is 31.2 Å². The monoisotopic (exact) mass is 201 g/mol. The summed E-state index contributed by atoms with van der Waals surface area (Å²) in [6, 6.07) is 0.123. The second-order valence-electron chi connectivity index (χ2n) is 4.96. The van der Waals surface area contributed by atoms with E-state index in [0.29, 0.717) is 11.8 Å². The van der Waals surface area contributed by atoms with Gasteiger partial charge in [0, 0.05) is 6.04 Å². The van der Waals surface area contributed by atoms with E-state index in [-0.39, 0.29) is 12.7 Å². The van der Waals surface area contributed by atoms with Gasteiger partial charge in [0.25, 0.3) is 0 Å². The number of halogens is 1. The van der Waals surface area contributed by atoms with Gasteiger partial charge in [-0.25, -0.2) is 4.39 Å². The van der Waals surface area contributed by atoms with Crippen molar-refractivity contribution in [3.8, 4) is 0 Å². The summed E-state index contributed by atoms with van der Waals surface area (Å²) in [6.45, 7) is 5.09. The zero-order valence-electron chi connectivity index (χ0n) is 9.56. The van der Waals surface area contributed by atoms with Gasteiger partial charge in [0.1, 0.15) is 6.67 Å². The van der Waals surface area contributed by atoms with Gasteiger partial charge in [0.15, 0.2) is 0 Å². The first-order chi connectivity index (χ1) is 6.74. The highest BCUT2D eigenvalue weighted by Crippen LogP contribution is 2.26. The lowest BCUT2D eigenvalue weighted by atomic mass is 9.84. The summed E-state index contributed by atoms with van der Waals surface area (Å²) in [6.07, 6.45) is 6.38. The van der Waals surface area contributed by atoms with Crippen LogP contribution in [0.2, 0.25) is 0 Å². The van der Waals surface area contributed by atoms with Crippen LogP contribution in [0.25, 0.3) is 0 Å². The van der Waals surface area contributed by atoms with Gasteiger partial charge in [-0.15, -0.1) is 0 Å². The molecule has 0 aromatic carbocycles. The normalized spacial score (nSPS) is 21.4. The standard InChI is InChI=1S/C12H24FN/c1-10(2)9-14-12(8-13)11-6-4-3-5-7-11/h10-12,14H,3-9H2,1-2H3. The Kier molecular flexibility index (Phi) is 5.46. The Bertz CT molecular complexity index is 141. The van der Waals surface area contributed by atoms with Gasteiger partial charge in [0.05, 0.1) is 0 Å². The van der Waals surface area contributed by atoms with Crippen molar-refractivity contribution < 1.29 is 4.39 Å². The summed E-state index contributed by atoms with van der Waals surface area (Å²) in [5.41, 5.74) is 0. The van der Waals surface area contributed by atoms with Crippen molar-refractivity contribution >= 4 is 0 Å². The van der Waals surface area contributed by atoms with Gasteiger partial charge in [0.2, 0.25) is 0 Å². The van der Waals surface area contributed by atoms with E-state index in [0.717, 1.165) is 6.54 Å². The fourth-order valence-electron chi connectivity index (χ4n) is 2.27. The molecule has 0 aliphatic heterocycles. The summed E-state index contributed by atoms with van der Waals surface area (Å²) in [5.74, 6) is 1.21. The molecule has 0 aromatic rings. The lowest BCUT2D eigenvalue weighted by Crippen LogP contribution is -2.40. The molecule has 1 rings (SSSR count). The molecule has 1 N–H and O–H groups in total. The number of rotatable bonds is 5. The van der Waals surface area contributed by atoms with Crippen LogP contribution in [0.3, 0.4) is 0 Å². The molecule has 1 aliphatic rings. The zero-order valence-corrected chi connectivity index (χ0v) is 9.56. The predicted octanol–water partition coefficient (Wildman–Crippen LogP) is 3.15. The van der Waals surface area contributed by atoms with E-state index < -0.39 is 0 Å². The van der Waals surface area contributed by atoms with E-state index in [4.69, 9.17) is 0 Å². The first kappa shape index (κ1) is 12.0. The van der Waals surface area contributed by atoms with E-state index in [1.54, 1.807) is 0 Å². The SMILES string of the molecule is CC(C)CNC(CF)C1CCCCC1. The van der Waals surface area contributed by atoms with Crippen LogP contribution in [-0.2, 0) is 0 Å². The maximum absolute atomic E-state index is 12.8. The van der Waals surface area contributed by atoms with Crippen molar-refractivity contribution in [3.05, 3.63) is 0 Å². The van der Waals surface area contributed by atoms with Crippen molar-refractivity contribution in [2.24, 2.45) is 11.8 Å². The molecule has 14 heavy (non-hydrogen) atoms. The second-order valence-corrected chi connectivity index (χ2v) is 4.96. The van der Waals surface area contributed by atoms with Gasteiger partial charge in [-0.3, -0.25) is 0 Å². The fraction of sp³-hybridized carbons (Fsp3) is 1.00. The Morgan fingerprint density at radius 1 is 1.21 bits per heavy atom. The van der Waals surface area contributed by atoms with Crippen LogP contribution in [0.1, 0.15) is 46.0 Å². The van der Waals surface area contributed by atoms with E-state index in [2.05, 4.69) is 19.2 Å². The van der Waals surface area contributed by atoms with E-state index in [1.165, 1.54) is 32.1 Å². The number of hydrogen-bond donors (Lipinski definition) is 1. The van der Waals surface area contributed by atoms with Crippen molar-refractivity contribution in [1.29, 1.82) is 0 Å². The Morgan fingerprint density at radius 2 is 1.86 bits per heavy atom. The van der Waals surface area contributed by atoms with Crippen molar-refractivity contribution in [3.63, 3.8) is 0 Å². The summed E-state index contributed by atoms with van der Waals surface area (Å²) in [5, 5.41) is 3.36. The minimum absolute atomic E-state index is 0.123. The van der Waals surface area contributed by atoms with Gasteiger partial charge < -0.3 is 5.32 Å². The topological polar surface area (TPSA) is 12.0 Å². The molecule has 0 bridgehead atoms. The highest BCUT2D eigenvalue weighted by atomic mass is 19.1. The molecular formula is C12H24FN. The van der Waals surface area contributed by atoms with Crippen LogP contribution in [0.15, 0.2) is 0 Å². The van der Waals surface area contributed by atoms with Crippen LogP contribution in [0.4, 0.5) is 4.39 Å². The molecule has 0 saturated heterocycles. The van der Waals surface area contributed by atoms with Crippen LogP contribution >= 0.6 is 0 Å². The Balaban J connectivity index is 2.28. The Morgan fingerprint density at radius 3 is 2.36 bits per heavy atom. The van der Waals surface area contributed by atoms with E-state index in [9.17, 15) is 4.39 Å². The molecule has 84 valence electrons. The smallest absolute Gasteiger partial charge is 0.105 e. The molecule has 2 heteroatoms. The highest BCUT2D eigenvalue weighted by molar-refractivity contribution is 4.79. The van der Waals surface area contributed by atoms with Gasteiger partial charge >= 0.3 is 0 Å². The lowest BCUT2D eigenvalue weighted by Gasteiger charge is -2.29. The molecule has 0 spiro atoms. The predicted molar refractivity (Wildman–Crippen MR) is 59.2 cm³/mol. The summed E-state index contributed by atoms with van der Waals surface area (Å²) in [4.78, 5) is 0. The van der Waals surface area contributed by atoms with Crippen molar-refractivity contribution in [2.45, 2.75) is 52.0 Å². The molecule has 0 heterocycles. The van der Waals surface area contributed by atoms with Crippen LogP contribution in [-0.4, -0.2) is 19.3 Å².